The van der Waals surface area contributed by atoms with Crippen LogP contribution in [-0.4, -0.2) is 29.5 Å². The highest BCUT2D eigenvalue weighted by Gasteiger charge is 2.40. The molecule has 22 heavy (non-hydrogen) atoms. The van der Waals surface area contributed by atoms with Crippen LogP contribution in [-0.2, 0) is 4.79 Å². The van der Waals surface area contributed by atoms with Crippen LogP contribution < -0.4 is 10.6 Å². The van der Waals surface area contributed by atoms with Crippen molar-refractivity contribution in [2.24, 2.45) is 11.3 Å². The van der Waals surface area contributed by atoms with Gasteiger partial charge in [0.15, 0.2) is 0 Å². The van der Waals surface area contributed by atoms with E-state index in [0.29, 0.717) is 23.1 Å². The lowest BCUT2D eigenvalue weighted by Gasteiger charge is -2.19. The fraction of sp³-hybridized carbons (Fsp3) is 0.833. The second-order valence-corrected chi connectivity index (χ2v) is 9.29. The van der Waals surface area contributed by atoms with Gasteiger partial charge in [0.25, 0.3) is 0 Å². The van der Waals surface area contributed by atoms with Gasteiger partial charge in [0.1, 0.15) is 0 Å². The van der Waals surface area contributed by atoms with E-state index in [9.17, 15) is 4.79 Å². The van der Waals surface area contributed by atoms with Crippen LogP contribution in [0, 0.1) is 11.3 Å². The zero-order valence-corrected chi connectivity index (χ0v) is 15.2. The number of carbonyl (C=O) groups excluding carboxylic acids is 1. The number of unbranched alkanes of at least 4 members (excludes halogenated alkanes) is 1. The topological polar surface area (TPSA) is 41.1 Å². The molecule has 2 fully saturated rings. The molecule has 126 valence electrons. The maximum Gasteiger partial charge on any atom is 0.219 e. The highest BCUT2D eigenvalue weighted by atomic mass is 32.2. The van der Waals surface area contributed by atoms with Crippen molar-refractivity contribution in [1.82, 2.24) is 10.6 Å². The van der Waals surface area contributed by atoms with E-state index < -0.39 is 0 Å². The molecule has 1 unspecified atom stereocenters. The van der Waals surface area contributed by atoms with E-state index in [1.807, 2.05) is 0 Å². The van der Waals surface area contributed by atoms with Gasteiger partial charge in [-0.1, -0.05) is 33.8 Å². The molecule has 0 aliphatic carbocycles. The largest absolute Gasteiger partial charge is 0.385 e. The Balaban J connectivity index is 1.54. The molecule has 2 rings (SSSR count). The van der Waals surface area contributed by atoms with Crippen LogP contribution in [0.3, 0.4) is 0 Å². The van der Waals surface area contributed by atoms with Crippen molar-refractivity contribution < 1.29 is 4.79 Å². The van der Waals surface area contributed by atoms with Gasteiger partial charge in [-0.2, -0.15) is 11.8 Å². The molecular weight excluding hydrogens is 292 g/mol. The molecule has 0 bridgehead atoms. The Labute approximate surface area is 140 Å². The minimum absolute atomic E-state index is 0.216. The van der Waals surface area contributed by atoms with Crippen molar-refractivity contribution in [2.45, 2.75) is 70.6 Å². The lowest BCUT2D eigenvalue weighted by Crippen LogP contribution is -2.32. The highest BCUT2D eigenvalue weighted by Crippen LogP contribution is 2.41. The van der Waals surface area contributed by atoms with Crippen LogP contribution in [0.15, 0.2) is 12.3 Å². The second-order valence-electron chi connectivity index (χ2n) is 8.02. The average molecular weight is 325 g/mol. The fourth-order valence-electron chi connectivity index (χ4n) is 3.33. The van der Waals surface area contributed by atoms with E-state index in [0.717, 1.165) is 38.1 Å². The number of thioether (sulfide) groups is 1. The lowest BCUT2D eigenvalue weighted by atomic mass is 9.92. The quantitative estimate of drug-likeness (QED) is 0.702. The number of hydrogen-bond donors (Lipinski definition) is 2. The van der Waals surface area contributed by atoms with Crippen LogP contribution in [0.1, 0.15) is 59.3 Å². The van der Waals surface area contributed by atoms with Gasteiger partial charge in [0.2, 0.25) is 5.91 Å². The molecular formula is C18H32N2OS. The third-order valence-electron chi connectivity index (χ3n) is 4.65. The molecule has 2 aliphatic heterocycles. The van der Waals surface area contributed by atoms with E-state index >= 15 is 0 Å². The summed E-state index contributed by atoms with van der Waals surface area (Å²) < 4.78 is 0. The Morgan fingerprint density at radius 2 is 2.18 bits per heavy atom. The van der Waals surface area contributed by atoms with E-state index in [2.05, 4.69) is 49.7 Å². The van der Waals surface area contributed by atoms with Crippen LogP contribution in [0.2, 0.25) is 0 Å². The molecule has 2 saturated heterocycles. The van der Waals surface area contributed by atoms with Crippen LogP contribution in [0.5, 0.6) is 0 Å². The smallest absolute Gasteiger partial charge is 0.219 e. The molecule has 0 aromatic rings. The van der Waals surface area contributed by atoms with Crippen molar-refractivity contribution >= 4 is 17.7 Å². The Morgan fingerprint density at radius 1 is 1.41 bits per heavy atom. The standard InChI is InChI=1S/C18H32N2OS/c1-13-11-14-12-22-15(17(14)20-13)7-5-6-8-16(21)19-10-9-18(2,3)4/h14-15,17,20H,1,5-12H2,2-4H3,(H,19,21)/t14-,15?,17-/m0/s1. The van der Waals surface area contributed by atoms with Crippen LogP contribution in [0.4, 0.5) is 0 Å². The number of fused-ring (bicyclic) bond motifs is 1. The Hall–Kier alpha value is -0.640. The maximum absolute atomic E-state index is 11.8. The van der Waals surface area contributed by atoms with E-state index in [1.165, 1.54) is 17.9 Å². The van der Waals surface area contributed by atoms with Crippen LogP contribution in [0.25, 0.3) is 0 Å². The molecule has 0 aromatic carbocycles. The van der Waals surface area contributed by atoms with Gasteiger partial charge in [-0.15, -0.1) is 0 Å². The number of nitrogens with one attached hydrogen (secondary N) is 2. The fourth-order valence-corrected chi connectivity index (χ4v) is 4.98. The van der Waals surface area contributed by atoms with Gasteiger partial charge in [0.05, 0.1) is 0 Å². The first-order valence-corrected chi connectivity index (χ1v) is 9.73. The molecule has 0 radical (unpaired) electrons. The molecule has 4 heteroatoms. The number of carbonyl (C=O) groups is 1. The summed E-state index contributed by atoms with van der Waals surface area (Å²) in [6.07, 6.45) is 6.26. The Kier molecular flexibility index (Phi) is 6.25. The second kappa shape index (κ2) is 7.76. The van der Waals surface area contributed by atoms with Crippen molar-refractivity contribution in [1.29, 1.82) is 0 Å². The zero-order chi connectivity index (χ0) is 16.2. The molecule has 0 saturated carbocycles. The molecule has 2 aliphatic rings. The molecule has 3 atom stereocenters. The Bertz CT molecular complexity index is 402. The minimum atomic E-state index is 0.216. The molecule has 1 amide bonds. The predicted octanol–water partition coefficient (Wildman–Crippen LogP) is 3.71. The van der Waals surface area contributed by atoms with Gasteiger partial charge in [-0.05, 0) is 42.8 Å². The van der Waals surface area contributed by atoms with Gasteiger partial charge >= 0.3 is 0 Å². The number of hydrogen-bond acceptors (Lipinski definition) is 3. The Morgan fingerprint density at radius 3 is 2.91 bits per heavy atom. The van der Waals surface area contributed by atoms with Gasteiger partial charge in [-0.25, -0.2) is 0 Å². The summed E-state index contributed by atoms with van der Waals surface area (Å²) in [5.74, 6) is 2.28. The van der Waals surface area contributed by atoms with Crippen molar-refractivity contribution in [2.75, 3.05) is 12.3 Å². The number of allylic oxidation sites excluding steroid dienone is 1. The third kappa shape index (κ3) is 5.53. The molecule has 3 nitrogen and oxygen atoms in total. The van der Waals surface area contributed by atoms with Crippen molar-refractivity contribution in [3.8, 4) is 0 Å². The summed E-state index contributed by atoms with van der Waals surface area (Å²) in [6.45, 7) is 11.5. The number of amides is 1. The van der Waals surface area contributed by atoms with E-state index in [4.69, 9.17) is 0 Å². The van der Waals surface area contributed by atoms with Gasteiger partial charge in [0, 0.05) is 30.0 Å². The zero-order valence-electron chi connectivity index (χ0n) is 14.4. The SMILES string of the molecule is C=C1C[C@H]2CSC(CCCCC(=O)NCCC(C)(C)C)[C@H]2N1. The lowest BCUT2D eigenvalue weighted by molar-refractivity contribution is -0.121. The van der Waals surface area contributed by atoms with Crippen LogP contribution >= 0.6 is 11.8 Å². The highest BCUT2D eigenvalue weighted by molar-refractivity contribution is 8.00. The molecule has 2 heterocycles. The summed E-state index contributed by atoms with van der Waals surface area (Å²) >= 11 is 2.11. The number of rotatable bonds is 7. The maximum atomic E-state index is 11.8. The summed E-state index contributed by atoms with van der Waals surface area (Å²) in [5.41, 5.74) is 1.51. The summed E-state index contributed by atoms with van der Waals surface area (Å²) in [6, 6.07) is 0.637. The van der Waals surface area contributed by atoms with E-state index in [-0.39, 0.29) is 5.91 Å². The van der Waals surface area contributed by atoms with Gasteiger partial charge < -0.3 is 10.6 Å². The molecule has 2 N–H and O–H groups in total. The van der Waals surface area contributed by atoms with Gasteiger partial charge in [-0.3, -0.25) is 4.79 Å². The van der Waals surface area contributed by atoms with E-state index in [1.54, 1.807) is 0 Å². The summed E-state index contributed by atoms with van der Waals surface area (Å²) in [5, 5.41) is 7.32. The summed E-state index contributed by atoms with van der Waals surface area (Å²) in [4.78, 5) is 11.8. The predicted molar refractivity (Wildman–Crippen MR) is 96.0 cm³/mol. The molecule has 0 spiro atoms. The monoisotopic (exact) mass is 324 g/mol. The average Bonchev–Trinajstić information content (AvgIpc) is 2.93. The minimum Gasteiger partial charge on any atom is -0.385 e. The van der Waals surface area contributed by atoms with Crippen molar-refractivity contribution in [3.05, 3.63) is 12.3 Å². The first kappa shape index (κ1) is 17.7. The normalized spacial score (nSPS) is 27.6. The third-order valence-corrected chi connectivity index (χ3v) is 6.23. The summed E-state index contributed by atoms with van der Waals surface area (Å²) in [7, 11) is 0. The first-order valence-electron chi connectivity index (χ1n) is 8.68. The first-order chi connectivity index (χ1) is 10.3. The molecule has 0 aromatic heterocycles. The van der Waals surface area contributed by atoms with Crippen molar-refractivity contribution in [3.63, 3.8) is 0 Å².